The summed E-state index contributed by atoms with van der Waals surface area (Å²) in [6.07, 6.45) is 62.9. The molecule has 0 N–H and O–H groups in total. The Morgan fingerprint density at radius 2 is 0.318 bits per heavy atom. The third kappa shape index (κ3) is 42.0. The molecule has 1 radical (unpaired) electrons. The summed E-state index contributed by atoms with van der Waals surface area (Å²) in [7, 11) is 0. The van der Waals surface area contributed by atoms with Crippen LogP contribution in [0.5, 0.6) is 0 Å². The zero-order valence-corrected chi connectivity index (χ0v) is 31.6. The number of rotatable bonds is 41. The van der Waals surface area contributed by atoms with Crippen LogP contribution in [0.25, 0.3) is 0 Å². The number of unbranched alkanes of at least 4 members (excludes halogenated alkanes) is 41. The number of hydrogen-bond donors (Lipinski definition) is 0. The van der Waals surface area contributed by atoms with E-state index in [2.05, 4.69) is 20.3 Å². The molecule has 0 aliphatic heterocycles. The summed E-state index contributed by atoms with van der Waals surface area (Å²) < 4.78 is 0. The Balaban J connectivity index is 3.03. The summed E-state index contributed by atoms with van der Waals surface area (Å²) in [6.45, 7) is 4.62. The number of hydrogen-bond acceptors (Lipinski definition) is 0. The average molecular weight is 618 g/mol. The summed E-state index contributed by atoms with van der Waals surface area (Å²) in [5, 5.41) is 0. The van der Waals surface area contributed by atoms with Crippen LogP contribution in [-0.4, -0.2) is 0 Å². The highest BCUT2D eigenvalue weighted by Gasteiger charge is 1.98. The van der Waals surface area contributed by atoms with Gasteiger partial charge in [-0.2, -0.15) is 0 Å². The molecule has 0 fully saturated rings. The normalized spacial score (nSPS) is 11.6. The van der Waals surface area contributed by atoms with E-state index in [1.54, 1.807) is 0 Å². The second-order valence-corrected chi connectivity index (χ2v) is 14.9. The van der Waals surface area contributed by atoms with Gasteiger partial charge in [0.2, 0.25) is 0 Å². The van der Waals surface area contributed by atoms with Gasteiger partial charge in [0.25, 0.3) is 0 Å². The molecular formula is C44H89. The minimum Gasteiger partial charge on any atom is -0.0654 e. The summed E-state index contributed by atoms with van der Waals surface area (Å²) in [5.41, 5.74) is 0. The van der Waals surface area contributed by atoms with Gasteiger partial charge in [-0.1, -0.05) is 277 Å². The van der Waals surface area contributed by atoms with Crippen LogP contribution in [0.3, 0.4) is 0 Å². The molecule has 0 saturated heterocycles. The lowest BCUT2D eigenvalue weighted by Crippen LogP contribution is -1.85. The van der Waals surface area contributed by atoms with E-state index >= 15 is 0 Å². The molecule has 44 heavy (non-hydrogen) atoms. The monoisotopic (exact) mass is 618 g/mol. The zero-order chi connectivity index (χ0) is 31.7. The summed E-state index contributed by atoms with van der Waals surface area (Å²) >= 11 is 0. The first-order chi connectivity index (χ1) is 21.9. The molecule has 0 spiro atoms. The molecular weight excluding hydrogens is 528 g/mol. The van der Waals surface area contributed by atoms with Gasteiger partial charge in [-0.3, -0.25) is 0 Å². The van der Waals surface area contributed by atoms with Gasteiger partial charge in [0, 0.05) is 0 Å². The molecule has 0 heteroatoms. The quantitative estimate of drug-likeness (QED) is 0.0599. The van der Waals surface area contributed by atoms with Crippen molar-refractivity contribution in [2.75, 3.05) is 0 Å². The standard InChI is InChI=1S/C44H89/c1-3-5-7-9-11-13-15-17-19-21-23-25-27-29-31-33-35-37-39-41-43-44-42-40-38-36-34-32-30-28-26-24-22-20-18-16-14-12-10-8-6-4-2/h43H,3-42,44H2,1-2H3. The van der Waals surface area contributed by atoms with Gasteiger partial charge in [-0.15, -0.1) is 0 Å². The maximum Gasteiger partial charge on any atom is -0.0386 e. The summed E-state index contributed by atoms with van der Waals surface area (Å²) in [4.78, 5) is 0. The van der Waals surface area contributed by atoms with E-state index in [4.69, 9.17) is 0 Å². The molecule has 0 atom stereocenters. The van der Waals surface area contributed by atoms with Crippen LogP contribution < -0.4 is 0 Å². The molecule has 0 nitrogen and oxygen atoms in total. The minimum atomic E-state index is 1.37. The molecule has 0 rings (SSSR count). The van der Waals surface area contributed by atoms with Crippen LogP contribution in [0, 0.1) is 6.42 Å². The van der Waals surface area contributed by atoms with Crippen molar-refractivity contribution in [3.8, 4) is 0 Å². The minimum absolute atomic E-state index is 1.37. The van der Waals surface area contributed by atoms with Gasteiger partial charge in [0.15, 0.2) is 0 Å². The topological polar surface area (TPSA) is 0 Å². The molecule has 0 aromatic carbocycles. The van der Waals surface area contributed by atoms with Crippen LogP contribution in [0.15, 0.2) is 0 Å². The van der Waals surface area contributed by atoms with Gasteiger partial charge >= 0.3 is 0 Å². The van der Waals surface area contributed by atoms with E-state index in [9.17, 15) is 0 Å². The Bertz CT molecular complexity index is 411. The molecule has 0 heterocycles. The lowest BCUT2D eigenvalue weighted by Gasteiger charge is -2.05. The Morgan fingerprint density at radius 3 is 0.477 bits per heavy atom. The molecule has 265 valence electrons. The van der Waals surface area contributed by atoms with E-state index < -0.39 is 0 Å². The van der Waals surface area contributed by atoms with Crippen molar-refractivity contribution in [1.29, 1.82) is 0 Å². The first-order valence-electron chi connectivity index (χ1n) is 21.7. The molecule has 0 bridgehead atoms. The average Bonchev–Trinajstić information content (AvgIpc) is 3.04. The predicted molar refractivity (Wildman–Crippen MR) is 205 cm³/mol. The fraction of sp³-hybridized carbons (Fsp3) is 0.977. The van der Waals surface area contributed by atoms with Crippen molar-refractivity contribution in [1.82, 2.24) is 0 Å². The molecule has 0 amide bonds. The van der Waals surface area contributed by atoms with Gasteiger partial charge in [0.05, 0.1) is 0 Å². The van der Waals surface area contributed by atoms with Gasteiger partial charge in [-0.25, -0.2) is 0 Å². The third-order valence-corrected chi connectivity index (χ3v) is 10.3. The van der Waals surface area contributed by atoms with E-state index in [1.807, 2.05) is 0 Å². The van der Waals surface area contributed by atoms with Crippen LogP contribution in [0.4, 0.5) is 0 Å². The molecule has 0 aliphatic rings. The third-order valence-electron chi connectivity index (χ3n) is 10.3. The maximum atomic E-state index is 2.60. The lowest BCUT2D eigenvalue weighted by atomic mass is 10.0. The van der Waals surface area contributed by atoms with Crippen LogP contribution in [-0.2, 0) is 0 Å². The second-order valence-electron chi connectivity index (χ2n) is 14.9. The van der Waals surface area contributed by atoms with Crippen molar-refractivity contribution in [2.24, 2.45) is 0 Å². The van der Waals surface area contributed by atoms with Crippen molar-refractivity contribution in [2.45, 2.75) is 277 Å². The first kappa shape index (κ1) is 44.0. The van der Waals surface area contributed by atoms with Gasteiger partial charge in [-0.05, 0) is 6.42 Å². The van der Waals surface area contributed by atoms with Crippen LogP contribution in [0.1, 0.15) is 277 Å². The highest BCUT2D eigenvalue weighted by molar-refractivity contribution is 4.65. The Kier molecular flexibility index (Phi) is 43.0. The Morgan fingerprint density at radius 1 is 0.182 bits per heavy atom. The van der Waals surface area contributed by atoms with E-state index in [1.165, 1.54) is 263 Å². The van der Waals surface area contributed by atoms with E-state index in [0.717, 1.165) is 0 Å². The molecule has 0 aromatic rings. The van der Waals surface area contributed by atoms with Crippen molar-refractivity contribution >= 4 is 0 Å². The fourth-order valence-corrected chi connectivity index (χ4v) is 7.06. The Hall–Kier alpha value is 0. The van der Waals surface area contributed by atoms with Gasteiger partial charge < -0.3 is 0 Å². The van der Waals surface area contributed by atoms with Crippen LogP contribution in [0.2, 0.25) is 0 Å². The summed E-state index contributed by atoms with van der Waals surface area (Å²) in [6, 6.07) is 0. The fourth-order valence-electron chi connectivity index (χ4n) is 7.06. The highest BCUT2D eigenvalue weighted by atomic mass is 14.0. The van der Waals surface area contributed by atoms with Gasteiger partial charge in [0.1, 0.15) is 0 Å². The highest BCUT2D eigenvalue weighted by Crippen LogP contribution is 2.17. The molecule has 0 aromatic heterocycles. The Labute approximate surface area is 282 Å². The van der Waals surface area contributed by atoms with Crippen molar-refractivity contribution < 1.29 is 0 Å². The lowest BCUT2D eigenvalue weighted by molar-refractivity contribution is 0.520. The molecule has 0 saturated carbocycles. The van der Waals surface area contributed by atoms with Crippen LogP contribution >= 0.6 is 0 Å². The zero-order valence-electron chi connectivity index (χ0n) is 31.6. The first-order valence-corrected chi connectivity index (χ1v) is 21.7. The van der Waals surface area contributed by atoms with Crippen molar-refractivity contribution in [3.63, 3.8) is 0 Å². The van der Waals surface area contributed by atoms with E-state index in [0.29, 0.717) is 0 Å². The summed E-state index contributed by atoms with van der Waals surface area (Å²) in [5.74, 6) is 0. The second kappa shape index (κ2) is 43.0. The molecule has 0 unspecified atom stereocenters. The van der Waals surface area contributed by atoms with E-state index in [-0.39, 0.29) is 0 Å². The largest absolute Gasteiger partial charge is 0.0654 e. The smallest absolute Gasteiger partial charge is 0.0386 e. The van der Waals surface area contributed by atoms with Crippen molar-refractivity contribution in [3.05, 3.63) is 6.42 Å². The maximum absolute atomic E-state index is 2.60. The molecule has 0 aliphatic carbocycles. The predicted octanol–water partition coefficient (Wildman–Crippen LogP) is 17.2. The SMILES string of the molecule is CCCCCCCCCCCCCCCCCCCCC[CH]CCCCCCCCCCCCCCCCCCCCCC.